The second-order valence-corrected chi connectivity index (χ2v) is 4.94. The van der Waals surface area contributed by atoms with E-state index in [1.807, 2.05) is 25.1 Å². The van der Waals surface area contributed by atoms with Crippen molar-refractivity contribution >= 4 is 0 Å². The van der Waals surface area contributed by atoms with Gasteiger partial charge in [0.25, 0.3) is 0 Å². The summed E-state index contributed by atoms with van der Waals surface area (Å²) in [5, 5.41) is 13.5. The van der Waals surface area contributed by atoms with Crippen molar-refractivity contribution in [1.29, 1.82) is 0 Å². The highest BCUT2D eigenvalue weighted by Gasteiger charge is 2.16. The number of aryl methyl sites for hydroxylation is 1. The number of aromatic nitrogens is 1. The summed E-state index contributed by atoms with van der Waals surface area (Å²) in [6.07, 6.45) is 1.06. The van der Waals surface area contributed by atoms with Crippen LogP contribution in [0.2, 0.25) is 0 Å². The van der Waals surface area contributed by atoms with E-state index >= 15 is 0 Å². The molecule has 0 fully saturated rings. The molecule has 106 valence electrons. The van der Waals surface area contributed by atoms with Gasteiger partial charge >= 0.3 is 0 Å². The number of pyridine rings is 1. The Balaban J connectivity index is 1.97. The lowest BCUT2D eigenvalue weighted by Crippen LogP contribution is -2.32. The fraction of sp³-hybridized carbons (Fsp3) is 0.312. The molecule has 20 heavy (non-hydrogen) atoms. The van der Waals surface area contributed by atoms with Crippen LogP contribution in [-0.2, 0) is 6.54 Å². The Labute approximate surface area is 118 Å². The van der Waals surface area contributed by atoms with Crippen molar-refractivity contribution in [3.8, 4) is 0 Å². The van der Waals surface area contributed by atoms with Gasteiger partial charge in [-0.1, -0.05) is 18.2 Å². The maximum atomic E-state index is 13.2. The Morgan fingerprint density at radius 1 is 1.30 bits per heavy atom. The zero-order valence-electron chi connectivity index (χ0n) is 11.7. The monoisotopic (exact) mass is 274 g/mol. The predicted octanol–water partition coefficient (Wildman–Crippen LogP) is 2.74. The van der Waals surface area contributed by atoms with Gasteiger partial charge in [0.05, 0.1) is 11.8 Å². The number of hydrogen-bond acceptors (Lipinski definition) is 3. The molecule has 0 aliphatic rings. The molecule has 4 heteroatoms. The molecule has 2 atom stereocenters. The third-order valence-corrected chi connectivity index (χ3v) is 3.33. The Kier molecular flexibility index (Phi) is 4.82. The zero-order valence-corrected chi connectivity index (χ0v) is 11.7. The maximum absolute atomic E-state index is 13.2. The Morgan fingerprint density at radius 2 is 2.10 bits per heavy atom. The summed E-state index contributed by atoms with van der Waals surface area (Å²) in [6.45, 7) is 4.17. The largest absolute Gasteiger partial charge is 0.387 e. The van der Waals surface area contributed by atoms with Crippen molar-refractivity contribution in [1.82, 2.24) is 10.3 Å². The van der Waals surface area contributed by atoms with Gasteiger partial charge in [0.2, 0.25) is 0 Å². The number of halogens is 1. The average Bonchev–Trinajstić information content (AvgIpc) is 2.48. The van der Waals surface area contributed by atoms with Crippen molar-refractivity contribution in [2.24, 2.45) is 0 Å². The number of hydrogen-bond donors (Lipinski definition) is 2. The van der Waals surface area contributed by atoms with Gasteiger partial charge in [-0.3, -0.25) is 4.98 Å². The third kappa shape index (κ3) is 3.62. The molecule has 2 N–H and O–H groups in total. The molecule has 0 saturated heterocycles. The molecule has 0 aliphatic heterocycles. The van der Waals surface area contributed by atoms with Crippen LogP contribution in [0, 0.1) is 12.7 Å². The van der Waals surface area contributed by atoms with E-state index in [-0.39, 0.29) is 11.9 Å². The van der Waals surface area contributed by atoms with Crippen LogP contribution < -0.4 is 5.32 Å². The molecule has 2 rings (SSSR count). The molecule has 1 aromatic heterocycles. The predicted molar refractivity (Wildman–Crippen MR) is 76.6 cm³/mol. The molecule has 1 aromatic carbocycles. The Hall–Kier alpha value is -1.78. The summed E-state index contributed by atoms with van der Waals surface area (Å²) in [6, 6.07) is 10.2. The van der Waals surface area contributed by atoms with Gasteiger partial charge in [-0.05, 0) is 43.2 Å². The molecule has 0 bridgehead atoms. The summed E-state index contributed by atoms with van der Waals surface area (Å²) < 4.78 is 13.2. The van der Waals surface area contributed by atoms with Crippen LogP contribution in [0.1, 0.15) is 29.8 Å². The van der Waals surface area contributed by atoms with Crippen LogP contribution >= 0.6 is 0 Å². The number of nitrogens with one attached hydrogen (secondary N) is 1. The van der Waals surface area contributed by atoms with Gasteiger partial charge < -0.3 is 10.4 Å². The minimum atomic E-state index is -0.682. The number of nitrogens with zero attached hydrogens (tertiary/aromatic N) is 1. The van der Waals surface area contributed by atoms with E-state index < -0.39 is 6.10 Å². The van der Waals surface area contributed by atoms with E-state index in [4.69, 9.17) is 0 Å². The topological polar surface area (TPSA) is 45.1 Å². The molecule has 0 radical (unpaired) electrons. The van der Waals surface area contributed by atoms with Gasteiger partial charge in [-0.15, -0.1) is 0 Å². The summed E-state index contributed by atoms with van der Waals surface area (Å²) in [7, 11) is 0. The molecule has 2 unspecified atom stereocenters. The number of benzene rings is 1. The summed E-state index contributed by atoms with van der Waals surface area (Å²) in [5.74, 6) is -0.255. The van der Waals surface area contributed by atoms with Crippen LogP contribution in [-0.4, -0.2) is 16.1 Å². The first-order valence-electron chi connectivity index (χ1n) is 6.65. The molecule has 0 saturated carbocycles. The SMILES string of the molecule is Cc1cc(C(O)C(C)NCc2ccccn2)ccc1F. The van der Waals surface area contributed by atoms with Crippen LogP contribution in [0.5, 0.6) is 0 Å². The molecule has 0 aliphatic carbocycles. The molecular formula is C16H19FN2O. The van der Waals surface area contributed by atoms with Gasteiger partial charge in [-0.25, -0.2) is 4.39 Å². The number of aliphatic hydroxyl groups is 1. The fourth-order valence-corrected chi connectivity index (χ4v) is 2.02. The average molecular weight is 274 g/mol. The highest BCUT2D eigenvalue weighted by Crippen LogP contribution is 2.19. The van der Waals surface area contributed by atoms with Crippen molar-refractivity contribution in [3.05, 3.63) is 65.2 Å². The minimum Gasteiger partial charge on any atom is -0.387 e. The molecule has 1 heterocycles. The van der Waals surface area contributed by atoms with Crippen LogP contribution in [0.15, 0.2) is 42.6 Å². The van der Waals surface area contributed by atoms with Gasteiger partial charge in [0.15, 0.2) is 0 Å². The standard InChI is InChI=1S/C16H19FN2O/c1-11-9-13(6-7-15(11)17)16(20)12(2)19-10-14-5-3-4-8-18-14/h3-9,12,16,19-20H,10H2,1-2H3. The van der Waals surface area contributed by atoms with Crippen molar-refractivity contribution in [2.75, 3.05) is 0 Å². The second kappa shape index (κ2) is 6.59. The van der Waals surface area contributed by atoms with Crippen LogP contribution in [0.25, 0.3) is 0 Å². The van der Waals surface area contributed by atoms with E-state index in [2.05, 4.69) is 10.3 Å². The van der Waals surface area contributed by atoms with Crippen molar-refractivity contribution < 1.29 is 9.50 Å². The lowest BCUT2D eigenvalue weighted by Gasteiger charge is -2.21. The van der Waals surface area contributed by atoms with E-state index in [0.717, 1.165) is 5.69 Å². The number of rotatable bonds is 5. The van der Waals surface area contributed by atoms with E-state index in [0.29, 0.717) is 17.7 Å². The lowest BCUT2D eigenvalue weighted by atomic mass is 10.0. The smallest absolute Gasteiger partial charge is 0.126 e. The normalized spacial score (nSPS) is 14.0. The lowest BCUT2D eigenvalue weighted by molar-refractivity contribution is 0.135. The summed E-state index contributed by atoms with van der Waals surface area (Å²) in [5.41, 5.74) is 2.17. The van der Waals surface area contributed by atoms with E-state index in [9.17, 15) is 9.50 Å². The summed E-state index contributed by atoms with van der Waals surface area (Å²) >= 11 is 0. The maximum Gasteiger partial charge on any atom is 0.126 e. The van der Waals surface area contributed by atoms with Gasteiger partial charge in [0, 0.05) is 18.8 Å². The first kappa shape index (κ1) is 14.6. The highest BCUT2D eigenvalue weighted by atomic mass is 19.1. The Bertz CT molecular complexity index is 560. The quantitative estimate of drug-likeness (QED) is 0.881. The van der Waals surface area contributed by atoms with E-state index in [1.165, 1.54) is 6.07 Å². The molecule has 0 amide bonds. The first-order valence-corrected chi connectivity index (χ1v) is 6.65. The van der Waals surface area contributed by atoms with Crippen molar-refractivity contribution in [2.45, 2.75) is 32.5 Å². The van der Waals surface area contributed by atoms with Crippen molar-refractivity contribution in [3.63, 3.8) is 0 Å². The molecule has 0 spiro atoms. The minimum absolute atomic E-state index is 0.151. The van der Waals surface area contributed by atoms with Gasteiger partial charge in [-0.2, -0.15) is 0 Å². The summed E-state index contributed by atoms with van der Waals surface area (Å²) in [4.78, 5) is 4.21. The highest BCUT2D eigenvalue weighted by molar-refractivity contribution is 5.26. The third-order valence-electron chi connectivity index (χ3n) is 3.33. The zero-order chi connectivity index (χ0) is 14.5. The molecular weight excluding hydrogens is 255 g/mol. The van der Waals surface area contributed by atoms with Crippen LogP contribution in [0.3, 0.4) is 0 Å². The molecule has 3 nitrogen and oxygen atoms in total. The first-order chi connectivity index (χ1) is 9.58. The van der Waals surface area contributed by atoms with Gasteiger partial charge in [0.1, 0.15) is 5.82 Å². The second-order valence-electron chi connectivity index (χ2n) is 4.94. The fourth-order valence-electron chi connectivity index (χ4n) is 2.02. The molecule has 2 aromatic rings. The Morgan fingerprint density at radius 3 is 2.75 bits per heavy atom. The van der Waals surface area contributed by atoms with Crippen LogP contribution in [0.4, 0.5) is 4.39 Å². The van der Waals surface area contributed by atoms with E-state index in [1.54, 1.807) is 25.3 Å². The number of aliphatic hydroxyl groups excluding tert-OH is 1.